The van der Waals surface area contributed by atoms with Gasteiger partial charge in [-0.3, -0.25) is 4.90 Å². The second kappa shape index (κ2) is 12.1. The SMILES string of the molecule is CCc1ccc(OC)c(-c2ncc(CN3CCC(c4ccccc4OC)CC3)[nH]2)c1.Cl.Cl. The molecule has 1 N–H and O–H groups in total. The molecule has 0 saturated carbocycles. The second-order valence-corrected chi connectivity index (χ2v) is 7.94. The molecule has 1 aliphatic rings. The summed E-state index contributed by atoms with van der Waals surface area (Å²) < 4.78 is 11.1. The third-order valence-corrected chi connectivity index (χ3v) is 6.12. The zero-order valence-corrected chi connectivity index (χ0v) is 20.6. The summed E-state index contributed by atoms with van der Waals surface area (Å²) in [6.07, 6.45) is 5.24. The summed E-state index contributed by atoms with van der Waals surface area (Å²) in [6.45, 7) is 5.20. The zero-order valence-electron chi connectivity index (χ0n) is 19.0. The number of hydrogen-bond acceptors (Lipinski definition) is 4. The molecular weight excluding hydrogens is 445 g/mol. The highest BCUT2D eigenvalue weighted by Gasteiger charge is 2.23. The predicted molar refractivity (Wildman–Crippen MR) is 135 cm³/mol. The van der Waals surface area contributed by atoms with E-state index in [1.807, 2.05) is 18.3 Å². The maximum atomic E-state index is 5.56. The number of piperidine rings is 1. The third-order valence-electron chi connectivity index (χ3n) is 6.12. The van der Waals surface area contributed by atoms with Gasteiger partial charge < -0.3 is 14.5 Å². The fourth-order valence-electron chi connectivity index (χ4n) is 4.38. The number of benzene rings is 2. The number of halogens is 2. The van der Waals surface area contributed by atoms with Crippen LogP contribution >= 0.6 is 24.8 Å². The lowest BCUT2D eigenvalue weighted by molar-refractivity contribution is 0.201. The fraction of sp³-hybridized carbons (Fsp3) is 0.400. The Morgan fingerprint density at radius 3 is 2.41 bits per heavy atom. The highest BCUT2D eigenvalue weighted by molar-refractivity contribution is 5.85. The summed E-state index contributed by atoms with van der Waals surface area (Å²) in [5, 5.41) is 0. The molecule has 0 bridgehead atoms. The smallest absolute Gasteiger partial charge is 0.141 e. The largest absolute Gasteiger partial charge is 0.496 e. The molecule has 1 aliphatic heterocycles. The van der Waals surface area contributed by atoms with Gasteiger partial charge in [0.1, 0.15) is 17.3 Å². The van der Waals surface area contributed by atoms with E-state index in [4.69, 9.17) is 9.47 Å². The number of H-pyrrole nitrogens is 1. The molecule has 5 nitrogen and oxygen atoms in total. The fourth-order valence-corrected chi connectivity index (χ4v) is 4.38. The number of imidazole rings is 1. The Hall–Kier alpha value is -2.21. The van der Waals surface area contributed by atoms with Crippen LogP contribution < -0.4 is 9.47 Å². The van der Waals surface area contributed by atoms with Crippen LogP contribution in [0.2, 0.25) is 0 Å². The minimum Gasteiger partial charge on any atom is -0.496 e. The van der Waals surface area contributed by atoms with Crippen LogP contribution in [-0.2, 0) is 13.0 Å². The third kappa shape index (κ3) is 5.77. The lowest BCUT2D eigenvalue weighted by Crippen LogP contribution is -2.32. The molecule has 2 aromatic carbocycles. The quantitative estimate of drug-likeness (QED) is 0.461. The molecule has 0 atom stereocenters. The van der Waals surface area contributed by atoms with E-state index in [-0.39, 0.29) is 24.8 Å². The van der Waals surface area contributed by atoms with Crippen molar-refractivity contribution >= 4 is 24.8 Å². The molecule has 1 fully saturated rings. The number of nitrogens with zero attached hydrogens (tertiary/aromatic N) is 2. The van der Waals surface area contributed by atoms with Crippen LogP contribution in [-0.4, -0.2) is 42.2 Å². The van der Waals surface area contributed by atoms with Crippen LogP contribution in [0.25, 0.3) is 11.4 Å². The second-order valence-electron chi connectivity index (χ2n) is 7.94. The van der Waals surface area contributed by atoms with Gasteiger partial charge in [-0.05, 0) is 67.6 Å². The number of rotatable bonds is 7. The van der Waals surface area contributed by atoms with Crippen molar-refractivity contribution in [3.05, 3.63) is 65.5 Å². The predicted octanol–water partition coefficient (Wildman–Crippen LogP) is 5.88. The zero-order chi connectivity index (χ0) is 20.9. The molecule has 4 rings (SSSR count). The van der Waals surface area contributed by atoms with Crippen LogP contribution in [0.5, 0.6) is 11.5 Å². The Morgan fingerprint density at radius 2 is 1.72 bits per heavy atom. The minimum absolute atomic E-state index is 0. The maximum Gasteiger partial charge on any atom is 0.141 e. The molecule has 174 valence electrons. The maximum absolute atomic E-state index is 5.56. The molecule has 2 heterocycles. The average Bonchev–Trinajstić information content (AvgIpc) is 3.27. The number of aromatic nitrogens is 2. The van der Waals surface area contributed by atoms with Crippen LogP contribution in [0.1, 0.15) is 42.5 Å². The molecule has 7 heteroatoms. The van der Waals surface area contributed by atoms with Gasteiger partial charge in [0.15, 0.2) is 0 Å². The van der Waals surface area contributed by atoms with Crippen molar-refractivity contribution in [3.63, 3.8) is 0 Å². The highest BCUT2D eigenvalue weighted by Crippen LogP contribution is 2.34. The number of methoxy groups -OCH3 is 2. The van der Waals surface area contributed by atoms with Crippen molar-refractivity contribution in [1.29, 1.82) is 0 Å². The first-order chi connectivity index (χ1) is 14.7. The highest BCUT2D eigenvalue weighted by atomic mass is 35.5. The van der Waals surface area contributed by atoms with E-state index in [1.54, 1.807) is 14.2 Å². The number of likely N-dealkylation sites (tertiary alicyclic amines) is 1. The van der Waals surface area contributed by atoms with Crippen LogP contribution in [0, 0.1) is 0 Å². The molecular formula is C25H33Cl2N3O2. The van der Waals surface area contributed by atoms with Crippen molar-refractivity contribution in [2.45, 2.75) is 38.6 Å². The van der Waals surface area contributed by atoms with Gasteiger partial charge in [0.05, 0.1) is 19.8 Å². The average molecular weight is 478 g/mol. The first-order valence-corrected chi connectivity index (χ1v) is 10.8. The molecule has 0 amide bonds. The van der Waals surface area contributed by atoms with Crippen LogP contribution in [0.4, 0.5) is 0 Å². The lowest BCUT2D eigenvalue weighted by atomic mass is 9.89. The normalized spacial score (nSPS) is 14.3. The Bertz CT molecular complexity index is 985. The summed E-state index contributed by atoms with van der Waals surface area (Å²) in [5.41, 5.74) is 4.79. The molecule has 1 aromatic heterocycles. The number of nitrogens with one attached hydrogen (secondary N) is 1. The van der Waals surface area contributed by atoms with Crippen molar-refractivity contribution in [3.8, 4) is 22.9 Å². The topological polar surface area (TPSA) is 50.4 Å². The summed E-state index contributed by atoms with van der Waals surface area (Å²) in [5.74, 6) is 3.31. The van der Waals surface area contributed by atoms with Gasteiger partial charge in [0, 0.05) is 18.4 Å². The van der Waals surface area contributed by atoms with E-state index < -0.39 is 0 Å². The van der Waals surface area contributed by atoms with Crippen molar-refractivity contribution in [1.82, 2.24) is 14.9 Å². The van der Waals surface area contributed by atoms with E-state index in [2.05, 4.69) is 52.1 Å². The monoisotopic (exact) mass is 477 g/mol. The van der Waals surface area contributed by atoms with E-state index in [0.717, 1.165) is 67.5 Å². The van der Waals surface area contributed by atoms with Crippen molar-refractivity contribution in [2.75, 3.05) is 27.3 Å². The number of aryl methyl sites for hydroxylation is 1. The van der Waals surface area contributed by atoms with Crippen LogP contribution in [0.15, 0.2) is 48.7 Å². The van der Waals surface area contributed by atoms with Crippen LogP contribution in [0.3, 0.4) is 0 Å². The summed E-state index contributed by atoms with van der Waals surface area (Å²) in [6, 6.07) is 14.7. The standard InChI is InChI=1S/C25H31N3O2.2ClH/c1-4-18-9-10-24(30-3)22(15-18)25-26-16-20(27-25)17-28-13-11-19(12-14-28)21-7-5-6-8-23(21)29-2;;/h5-10,15-16,19H,4,11-14,17H2,1-3H3,(H,26,27);2*1H. The molecule has 0 unspecified atom stereocenters. The van der Waals surface area contributed by atoms with Crippen molar-refractivity contribution < 1.29 is 9.47 Å². The summed E-state index contributed by atoms with van der Waals surface area (Å²) in [7, 11) is 3.47. The molecule has 0 spiro atoms. The van der Waals surface area contributed by atoms with E-state index in [9.17, 15) is 0 Å². The Kier molecular flexibility index (Phi) is 9.88. The summed E-state index contributed by atoms with van der Waals surface area (Å²) >= 11 is 0. The molecule has 1 saturated heterocycles. The van der Waals surface area contributed by atoms with Gasteiger partial charge in [0.25, 0.3) is 0 Å². The van der Waals surface area contributed by atoms with E-state index in [1.165, 1.54) is 11.1 Å². The number of para-hydroxylation sites is 1. The van der Waals surface area contributed by atoms with Gasteiger partial charge in [-0.15, -0.1) is 24.8 Å². The summed E-state index contributed by atoms with van der Waals surface area (Å²) in [4.78, 5) is 10.7. The number of ether oxygens (including phenoxy) is 2. The first-order valence-electron chi connectivity index (χ1n) is 10.8. The molecule has 0 radical (unpaired) electrons. The van der Waals surface area contributed by atoms with Gasteiger partial charge in [-0.25, -0.2) is 4.98 Å². The minimum atomic E-state index is 0. The van der Waals surface area contributed by atoms with Gasteiger partial charge in [0.2, 0.25) is 0 Å². The Morgan fingerprint density at radius 1 is 1.00 bits per heavy atom. The van der Waals surface area contributed by atoms with Gasteiger partial charge in [-0.2, -0.15) is 0 Å². The Balaban J connectivity index is 0.00000181. The Labute approximate surface area is 203 Å². The number of hydrogen-bond donors (Lipinski definition) is 1. The molecule has 0 aliphatic carbocycles. The molecule has 32 heavy (non-hydrogen) atoms. The first kappa shape index (κ1) is 26.0. The lowest BCUT2D eigenvalue weighted by Gasteiger charge is -2.32. The van der Waals surface area contributed by atoms with Crippen molar-refractivity contribution in [2.24, 2.45) is 0 Å². The number of aromatic amines is 1. The molecule has 3 aromatic rings. The van der Waals surface area contributed by atoms with E-state index in [0.29, 0.717) is 5.92 Å². The van der Waals surface area contributed by atoms with Gasteiger partial charge >= 0.3 is 0 Å². The van der Waals surface area contributed by atoms with E-state index >= 15 is 0 Å². The van der Waals surface area contributed by atoms with Gasteiger partial charge in [-0.1, -0.05) is 31.2 Å².